The van der Waals surface area contributed by atoms with E-state index in [2.05, 4.69) is 24.5 Å². The molecule has 0 atom stereocenters. The van der Waals surface area contributed by atoms with Crippen molar-refractivity contribution < 1.29 is 14.3 Å². The molecule has 0 bridgehead atoms. The lowest BCUT2D eigenvalue weighted by Crippen LogP contribution is -2.38. The average Bonchev–Trinajstić information content (AvgIpc) is 2.43. The molecular formula is C15H22N2O3. The molecule has 1 aromatic carbocycles. The van der Waals surface area contributed by atoms with Gasteiger partial charge in [0, 0.05) is 6.54 Å². The zero-order valence-corrected chi connectivity index (χ0v) is 12.2. The average molecular weight is 278 g/mol. The summed E-state index contributed by atoms with van der Waals surface area (Å²) < 4.78 is 5.41. The van der Waals surface area contributed by atoms with E-state index in [0.29, 0.717) is 18.2 Å². The van der Waals surface area contributed by atoms with Gasteiger partial charge in [-0.25, -0.2) is 0 Å². The molecule has 0 fully saturated rings. The molecule has 0 saturated carbocycles. The van der Waals surface area contributed by atoms with Gasteiger partial charge in [-0.2, -0.15) is 0 Å². The molecule has 0 spiro atoms. The summed E-state index contributed by atoms with van der Waals surface area (Å²) in [5.74, 6) is 0.545. The highest BCUT2D eigenvalue weighted by atomic mass is 16.5. The molecule has 0 unspecified atom stereocenters. The molecule has 2 amide bonds. The van der Waals surface area contributed by atoms with Gasteiger partial charge < -0.3 is 15.4 Å². The van der Waals surface area contributed by atoms with Crippen molar-refractivity contribution >= 4 is 11.8 Å². The minimum Gasteiger partial charge on any atom is -0.484 e. The lowest BCUT2D eigenvalue weighted by atomic mass is 10.0. The second-order valence-corrected chi connectivity index (χ2v) is 4.75. The van der Waals surface area contributed by atoms with Gasteiger partial charge in [0.1, 0.15) is 5.75 Å². The molecular weight excluding hydrogens is 256 g/mol. The molecule has 0 aliphatic carbocycles. The highest BCUT2D eigenvalue weighted by Gasteiger charge is 2.06. The minimum atomic E-state index is -0.314. The van der Waals surface area contributed by atoms with Crippen LogP contribution in [0.3, 0.4) is 0 Å². The van der Waals surface area contributed by atoms with E-state index in [1.807, 2.05) is 31.2 Å². The van der Waals surface area contributed by atoms with Gasteiger partial charge in [0.15, 0.2) is 6.61 Å². The smallest absolute Gasteiger partial charge is 0.258 e. The molecule has 0 aliphatic heterocycles. The third kappa shape index (κ3) is 5.73. The number of nitrogens with one attached hydrogen (secondary N) is 2. The highest BCUT2D eigenvalue weighted by molar-refractivity contribution is 5.85. The summed E-state index contributed by atoms with van der Waals surface area (Å²) in [4.78, 5) is 22.7. The Balaban J connectivity index is 2.37. The molecule has 5 nitrogen and oxygen atoms in total. The minimum absolute atomic E-state index is 0.0257. The van der Waals surface area contributed by atoms with Crippen molar-refractivity contribution in [2.75, 3.05) is 19.7 Å². The number of hydrogen-bond donors (Lipinski definition) is 2. The number of amides is 2. The Hall–Kier alpha value is -2.04. The number of rotatable bonds is 7. The maximum Gasteiger partial charge on any atom is 0.258 e. The van der Waals surface area contributed by atoms with Gasteiger partial charge in [-0.05, 0) is 30.5 Å². The molecule has 0 aromatic heterocycles. The largest absolute Gasteiger partial charge is 0.484 e. The summed E-state index contributed by atoms with van der Waals surface area (Å²) in [5, 5.41) is 5.10. The first-order valence-electron chi connectivity index (χ1n) is 6.79. The van der Waals surface area contributed by atoms with Crippen molar-refractivity contribution in [3.63, 3.8) is 0 Å². The topological polar surface area (TPSA) is 67.4 Å². The van der Waals surface area contributed by atoms with Crippen LogP contribution in [-0.4, -0.2) is 31.5 Å². The molecule has 0 aliphatic rings. The van der Waals surface area contributed by atoms with E-state index in [4.69, 9.17) is 4.74 Å². The number of carbonyl (C=O) groups excluding carboxylic acids is 2. The Bertz CT molecular complexity index is 458. The predicted molar refractivity (Wildman–Crippen MR) is 77.7 cm³/mol. The number of benzene rings is 1. The van der Waals surface area contributed by atoms with E-state index in [1.54, 1.807) is 0 Å². The molecule has 20 heavy (non-hydrogen) atoms. The Morgan fingerprint density at radius 2 is 1.95 bits per heavy atom. The van der Waals surface area contributed by atoms with E-state index >= 15 is 0 Å². The van der Waals surface area contributed by atoms with Crippen LogP contribution in [0.2, 0.25) is 0 Å². The Kier molecular flexibility index (Phi) is 6.56. The summed E-state index contributed by atoms with van der Waals surface area (Å²) >= 11 is 0. The Morgan fingerprint density at radius 1 is 1.20 bits per heavy atom. The second kappa shape index (κ2) is 8.19. The van der Waals surface area contributed by atoms with E-state index in [1.165, 1.54) is 0 Å². The summed E-state index contributed by atoms with van der Waals surface area (Å²) in [6.07, 6.45) is 0. The van der Waals surface area contributed by atoms with Crippen LogP contribution in [0.4, 0.5) is 0 Å². The summed E-state index contributed by atoms with van der Waals surface area (Å²) in [5.41, 5.74) is 1.16. The van der Waals surface area contributed by atoms with Crippen LogP contribution in [-0.2, 0) is 9.59 Å². The zero-order valence-electron chi connectivity index (χ0n) is 12.2. The Labute approximate surface area is 119 Å². The van der Waals surface area contributed by atoms with Crippen LogP contribution < -0.4 is 15.4 Å². The SMILES string of the molecule is CCNC(=O)CNC(=O)COc1cccc(C(C)C)c1. The first kappa shape index (κ1) is 16.0. The van der Waals surface area contributed by atoms with E-state index in [9.17, 15) is 9.59 Å². The van der Waals surface area contributed by atoms with Crippen LogP contribution in [0.25, 0.3) is 0 Å². The van der Waals surface area contributed by atoms with Crippen LogP contribution in [0, 0.1) is 0 Å². The van der Waals surface area contributed by atoms with Crippen LogP contribution in [0.15, 0.2) is 24.3 Å². The van der Waals surface area contributed by atoms with Crippen molar-refractivity contribution in [2.24, 2.45) is 0 Å². The number of carbonyl (C=O) groups is 2. The van der Waals surface area contributed by atoms with E-state index in [0.717, 1.165) is 5.56 Å². The first-order chi connectivity index (χ1) is 9.52. The van der Waals surface area contributed by atoms with Crippen molar-refractivity contribution in [3.8, 4) is 5.75 Å². The fourth-order valence-corrected chi connectivity index (χ4v) is 1.60. The summed E-state index contributed by atoms with van der Waals surface area (Å²) in [6.45, 7) is 6.44. The molecule has 2 N–H and O–H groups in total. The number of ether oxygens (including phenoxy) is 1. The van der Waals surface area contributed by atoms with Gasteiger partial charge >= 0.3 is 0 Å². The van der Waals surface area contributed by atoms with Crippen LogP contribution >= 0.6 is 0 Å². The van der Waals surface area contributed by atoms with E-state index < -0.39 is 0 Å². The third-order valence-corrected chi connectivity index (χ3v) is 2.71. The third-order valence-electron chi connectivity index (χ3n) is 2.71. The number of hydrogen-bond acceptors (Lipinski definition) is 3. The van der Waals surface area contributed by atoms with Crippen molar-refractivity contribution in [2.45, 2.75) is 26.7 Å². The fourth-order valence-electron chi connectivity index (χ4n) is 1.60. The molecule has 0 saturated heterocycles. The molecule has 0 radical (unpaired) electrons. The monoisotopic (exact) mass is 278 g/mol. The van der Waals surface area contributed by atoms with Gasteiger partial charge in [-0.1, -0.05) is 26.0 Å². The van der Waals surface area contributed by atoms with Gasteiger partial charge in [0.25, 0.3) is 5.91 Å². The quantitative estimate of drug-likeness (QED) is 0.793. The number of likely N-dealkylation sites (N-methyl/N-ethyl adjacent to an activating group) is 1. The van der Waals surface area contributed by atoms with Crippen molar-refractivity contribution in [1.29, 1.82) is 0 Å². The lowest BCUT2D eigenvalue weighted by Gasteiger charge is -2.10. The zero-order chi connectivity index (χ0) is 15.0. The van der Waals surface area contributed by atoms with Crippen LogP contribution in [0.1, 0.15) is 32.3 Å². The molecule has 1 rings (SSSR count). The van der Waals surface area contributed by atoms with Crippen molar-refractivity contribution in [1.82, 2.24) is 10.6 Å². The second-order valence-electron chi connectivity index (χ2n) is 4.75. The summed E-state index contributed by atoms with van der Waals surface area (Å²) in [6, 6.07) is 7.65. The Morgan fingerprint density at radius 3 is 2.60 bits per heavy atom. The van der Waals surface area contributed by atoms with Gasteiger partial charge in [0.05, 0.1) is 6.54 Å². The van der Waals surface area contributed by atoms with E-state index in [-0.39, 0.29) is 25.0 Å². The summed E-state index contributed by atoms with van der Waals surface area (Å²) in [7, 11) is 0. The maximum absolute atomic E-state index is 11.5. The van der Waals surface area contributed by atoms with Gasteiger partial charge in [0.2, 0.25) is 5.91 Å². The normalized spacial score (nSPS) is 10.2. The molecule has 1 aromatic rings. The van der Waals surface area contributed by atoms with Gasteiger partial charge in [-0.3, -0.25) is 9.59 Å². The first-order valence-corrected chi connectivity index (χ1v) is 6.79. The van der Waals surface area contributed by atoms with Crippen LogP contribution in [0.5, 0.6) is 5.75 Å². The maximum atomic E-state index is 11.5. The molecule has 110 valence electrons. The molecule has 5 heteroatoms. The molecule has 0 heterocycles. The predicted octanol–water partition coefficient (Wildman–Crippen LogP) is 1.44. The van der Waals surface area contributed by atoms with Crippen molar-refractivity contribution in [3.05, 3.63) is 29.8 Å². The fraction of sp³-hybridized carbons (Fsp3) is 0.467. The standard InChI is InChI=1S/C15H22N2O3/c1-4-16-14(18)9-17-15(19)10-20-13-7-5-6-12(8-13)11(2)3/h5-8,11H,4,9-10H2,1-3H3,(H,16,18)(H,17,19). The highest BCUT2D eigenvalue weighted by Crippen LogP contribution is 2.19. The van der Waals surface area contributed by atoms with Gasteiger partial charge in [-0.15, -0.1) is 0 Å². The lowest BCUT2D eigenvalue weighted by molar-refractivity contribution is -0.127.